The second-order valence-electron chi connectivity index (χ2n) is 6.03. The molecule has 1 N–H and O–H groups in total. The molecule has 1 aromatic heterocycles. The summed E-state index contributed by atoms with van der Waals surface area (Å²) < 4.78 is 0. The second-order valence-corrected chi connectivity index (χ2v) is 6.03. The van der Waals surface area contributed by atoms with Crippen LogP contribution < -0.4 is 5.32 Å². The summed E-state index contributed by atoms with van der Waals surface area (Å²) in [7, 11) is 1.94. The SMILES string of the molecule is CN(C(=O)CNc1ccnc2ccccc12)C1CCCCC1. The molecule has 1 saturated carbocycles. The van der Waals surface area contributed by atoms with Gasteiger partial charge in [-0.1, -0.05) is 37.5 Å². The number of aromatic nitrogens is 1. The van der Waals surface area contributed by atoms with Gasteiger partial charge in [-0.05, 0) is 25.0 Å². The number of hydrogen-bond donors (Lipinski definition) is 1. The molecule has 0 aliphatic heterocycles. The average Bonchev–Trinajstić information content (AvgIpc) is 2.59. The van der Waals surface area contributed by atoms with Crippen LogP contribution in [0.2, 0.25) is 0 Å². The number of amides is 1. The number of hydrogen-bond acceptors (Lipinski definition) is 3. The van der Waals surface area contributed by atoms with E-state index in [2.05, 4.69) is 10.3 Å². The van der Waals surface area contributed by atoms with Crippen LogP contribution in [0.25, 0.3) is 10.9 Å². The van der Waals surface area contributed by atoms with E-state index in [0.29, 0.717) is 12.6 Å². The van der Waals surface area contributed by atoms with Gasteiger partial charge >= 0.3 is 0 Å². The molecule has 0 spiro atoms. The number of para-hydroxylation sites is 1. The van der Waals surface area contributed by atoms with E-state index >= 15 is 0 Å². The quantitative estimate of drug-likeness (QED) is 0.940. The van der Waals surface area contributed by atoms with E-state index in [0.717, 1.165) is 29.4 Å². The van der Waals surface area contributed by atoms with Crippen molar-refractivity contribution in [3.05, 3.63) is 36.5 Å². The number of carbonyl (C=O) groups excluding carboxylic acids is 1. The number of benzene rings is 1. The minimum Gasteiger partial charge on any atom is -0.376 e. The zero-order chi connectivity index (χ0) is 15.4. The standard InChI is InChI=1S/C18H23N3O/c1-21(14-7-3-2-4-8-14)18(22)13-20-17-11-12-19-16-10-6-5-9-15(16)17/h5-6,9-12,14H,2-4,7-8,13H2,1H3,(H,19,20). The van der Waals surface area contributed by atoms with E-state index in [1.165, 1.54) is 19.3 Å². The highest BCUT2D eigenvalue weighted by Gasteiger charge is 2.21. The van der Waals surface area contributed by atoms with Gasteiger partial charge in [0.1, 0.15) is 0 Å². The number of nitrogens with one attached hydrogen (secondary N) is 1. The van der Waals surface area contributed by atoms with E-state index < -0.39 is 0 Å². The lowest BCUT2D eigenvalue weighted by Crippen LogP contribution is -2.41. The van der Waals surface area contributed by atoms with Crippen LogP contribution in [0.1, 0.15) is 32.1 Å². The number of fused-ring (bicyclic) bond motifs is 1. The van der Waals surface area contributed by atoms with Crippen LogP contribution >= 0.6 is 0 Å². The summed E-state index contributed by atoms with van der Waals surface area (Å²) in [4.78, 5) is 18.7. The van der Waals surface area contributed by atoms with Crippen molar-refractivity contribution in [2.24, 2.45) is 0 Å². The summed E-state index contributed by atoms with van der Waals surface area (Å²) >= 11 is 0. The van der Waals surface area contributed by atoms with E-state index in [1.807, 2.05) is 42.3 Å². The fourth-order valence-electron chi connectivity index (χ4n) is 3.22. The number of rotatable bonds is 4. The molecule has 1 aliphatic carbocycles. The average molecular weight is 297 g/mol. The second kappa shape index (κ2) is 6.77. The Morgan fingerprint density at radius 2 is 2.00 bits per heavy atom. The molecule has 1 aliphatic rings. The summed E-state index contributed by atoms with van der Waals surface area (Å²) in [6, 6.07) is 10.3. The zero-order valence-corrected chi connectivity index (χ0v) is 13.1. The smallest absolute Gasteiger partial charge is 0.241 e. The van der Waals surface area contributed by atoms with Crippen LogP contribution in [0.5, 0.6) is 0 Å². The van der Waals surface area contributed by atoms with Crippen molar-refractivity contribution in [3.63, 3.8) is 0 Å². The first-order valence-corrected chi connectivity index (χ1v) is 8.09. The van der Waals surface area contributed by atoms with Crippen LogP contribution in [0.15, 0.2) is 36.5 Å². The van der Waals surface area contributed by atoms with Crippen LogP contribution in [-0.4, -0.2) is 35.4 Å². The molecule has 2 aromatic rings. The maximum Gasteiger partial charge on any atom is 0.241 e. The van der Waals surface area contributed by atoms with E-state index in [9.17, 15) is 4.79 Å². The summed E-state index contributed by atoms with van der Waals surface area (Å²) in [6.45, 7) is 0.334. The highest BCUT2D eigenvalue weighted by atomic mass is 16.2. The molecule has 1 amide bonds. The fourth-order valence-corrected chi connectivity index (χ4v) is 3.22. The van der Waals surface area contributed by atoms with Gasteiger partial charge in [-0.2, -0.15) is 0 Å². The Hall–Kier alpha value is -2.10. The van der Waals surface area contributed by atoms with Gasteiger partial charge in [-0.3, -0.25) is 9.78 Å². The highest BCUT2D eigenvalue weighted by molar-refractivity contribution is 5.92. The summed E-state index contributed by atoms with van der Waals surface area (Å²) in [5.41, 5.74) is 1.91. The van der Waals surface area contributed by atoms with E-state index in [4.69, 9.17) is 0 Å². The Morgan fingerprint density at radius 1 is 1.23 bits per heavy atom. The largest absolute Gasteiger partial charge is 0.376 e. The van der Waals surface area contributed by atoms with Gasteiger partial charge in [0, 0.05) is 30.4 Å². The summed E-state index contributed by atoms with van der Waals surface area (Å²) in [5, 5.41) is 4.33. The van der Waals surface area contributed by atoms with E-state index in [1.54, 1.807) is 6.20 Å². The summed E-state index contributed by atoms with van der Waals surface area (Å²) in [6.07, 6.45) is 7.84. The first kappa shape index (κ1) is 14.8. The van der Waals surface area contributed by atoms with Crippen molar-refractivity contribution in [2.45, 2.75) is 38.1 Å². The van der Waals surface area contributed by atoms with Gasteiger partial charge in [-0.15, -0.1) is 0 Å². The minimum atomic E-state index is 0.160. The van der Waals surface area contributed by atoms with Crippen LogP contribution in [0.4, 0.5) is 5.69 Å². The predicted molar refractivity (Wildman–Crippen MR) is 89.9 cm³/mol. The first-order valence-electron chi connectivity index (χ1n) is 8.09. The predicted octanol–water partition coefficient (Wildman–Crippen LogP) is 3.44. The number of likely N-dealkylation sites (N-methyl/N-ethyl adjacent to an activating group) is 1. The normalized spacial score (nSPS) is 15.7. The molecular weight excluding hydrogens is 274 g/mol. The molecule has 3 rings (SSSR count). The third-order valence-electron chi connectivity index (χ3n) is 4.59. The minimum absolute atomic E-state index is 0.160. The van der Waals surface area contributed by atoms with Gasteiger partial charge in [-0.25, -0.2) is 0 Å². The third-order valence-corrected chi connectivity index (χ3v) is 4.59. The zero-order valence-electron chi connectivity index (χ0n) is 13.1. The lowest BCUT2D eigenvalue weighted by Gasteiger charge is -2.31. The Balaban J connectivity index is 1.64. The van der Waals surface area contributed by atoms with Crippen LogP contribution in [-0.2, 0) is 4.79 Å². The van der Waals surface area contributed by atoms with Crippen molar-refractivity contribution >= 4 is 22.5 Å². The number of carbonyl (C=O) groups is 1. The van der Waals surface area contributed by atoms with Gasteiger partial charge in [0.25, 0.3) is 0 Å². The molecular formula is C18H23N3O. The molecule has 116 valence electrons. The summed E-state index contributed by atoms with van der Waals surface area (Å²) in [5.74, 6) is 0.160. The molecule has 22 heavy (non-hydrogen) atoms. The molecule has 0 atom stereocenters. The lowest BCUT2D eigenvalue weighted by molar-refractivity contribution is -0.130. The molecule has 1 aromatic carbocycles. The molecule has 1 fully saturated rings. The van der Waals surface area contributed by atoms with Crippen molar-refractivity contribution < 1.29 is 4.79 Å². The number of pyridine rings is 1. The van der Waals surface area contributed by atoms with Gasteiger partial charge < -0.3 is 10.2 Å². The topological polar surface area (TPSA) is 45.2 Å². The Bertz CT molecular complexity index is 644. The maximum atomic E-state index is 12.4. The molecule has 0 saturated heterocycles. The Kier molecular flexibility index (Phi) is 4.56. The van der Waals surface area contributed by atoms with Gasteiger partial charge in [0.05, 0.1) is 12.1 Å². The van der Waals surface area contributed by atoms with Crippen LogP contribution in [0, 0.1) is 0 Å². The van der Waals surface area contributed by atoms with Crippen LogP contribution in [0.3, 0.4) is 0 Å². The van der Waals surface area contributed by atoms with Crippen molar-refractivity contribution in [2.75, 3.05) is 18.9 Å². The van der Waals surface area contributed by atoms with Gasteiger partial charge in [0.15, 0.2) is 0 Å². The molecule has 0 unspecified atom stereocenters. The molecule has 4 heteroatoms. The Labute approximate surface area is 131 Å². The van der Waals surface area contributed by atoms with Crippen molar-refractivity contribution in [1.29, 1.82) is 0 Å². The molecule has 4 nitrogen and oxygen atoms in total. The van der Waals surface area contributed by atoms with Crippen molar-refractivity contribution in [1.82, 2.24) is 9.88 Å². The van der Waals surface area contributed by atoms with E-state index in [-0.39, 0.29) is 5.91 Å². The Morgan fingerprint density at radius 3 is 2.82 bits per heavy atom. The first-order chi connectivity index (χ1) is 10.8. The third kappa shape index (κ3) is 3.21. The molecule has 1 heterocycles. The monoisotopic (exact) mass is 297 g/mol. The number of anilines is 1. The van der Waals surface area contributed by atoms with Gasteiger partial charge in [0.2, 0.25) is 5.91 Å². The highest BCUT2D eigenvalue weighted by Crippen LogP contribution is 2.23. The number of nitrogens with zero attached hydrogens (tertiary/aromatic N) is 2. The maximum absolute atomic E-state index is 12.4. The lowest BCUT2D eigenvalue weighted by atomic mass is 9.94. The molecule has 0 radical (unpaired) electrons. The fraction of sp³-hybridized carbons (Fsp3) is 0.444. The van der Waals surface area contributed by atoms with Crippen molar-refractivity contribution in [3.8, 4) is 0 Å². The molecule has 0 bridgehead atoms.